The quantitative estimate of drug-likeness (QED) is 0.699. The Hall–Kier alpha value is -0.650. The molecule has 118 valence electrons. The predicted octanol–water partition coefficient (Wildman–Crippen LogP) is 1.01. The summed E-state index contributed by atoms with van der Waals surface area (Å²) in [5.74, 6) is 0.0813. The fraction of sp³-hybridized carbons (Fsp3) is 0.933. The summed E-state index contributed by atoms with van der Waals surface area (Å²) in [5.41, 5.74) is 0.00298. The van der Waals surface area contributed by atoms with E-state index in [9.17, 15) is 9.90 Å². The van der Waals surface area contributed by atoms with Crippen molar-refractivity contribution < 1.29 is 14.6 Å². The van der Waals surface area contributed by atoms with E-state index in [0.29, 0.717) is 6.04 Å². The van der Waals surface area contributed by atoms with Gasteiger partial charge < -0.3 is 20.1 Å². The monoisotopic (exact) mass is 286 g/mol. The van der Waals surface area contributed by atoms with E-state index in [4.69, 9.17) is 4.74 Å². The van der Waals surface area contributed by atoms with Crippen LogP contribution in [0.25, 0.3) is 0 Å². The molecule has 0 aromatic rings. The molecule has 2 N–H and O–H groups in total. The summed E-state index contributed by atoms with van der Waals surface area (Å²) in [6, 6.07) is 0.450. The first kappa shape index (κ1) is 17.4. The average molecular weight is 286 g/mol. The van der Waals surface area contributed by atoms with Crippen molar-refractivity contribution >= 4 is 5.91 Å². The fourth-order valence-corrected chi connectivity index (χ4v) is 2.69. The third-order valence-corrected chi connectivity index (χ3v) is 4.72. The summed E-state index contributed by atoms with van der Waals surface area (Å²) >= 11 is 0. The molecular weight excluding hydrogens is 256 g/mol. The van der Waals surface area contributed by atoms with Gasteiger partial charge in [0.05, 0.1) is 0 Å². The number of hydrogen-bond donors (Lipinski definition) is 2. The number of ether oxygens (including phenoxy) is 1. The van der Waals surface area contributed by atoms with Gasteiger partial charge in [-0.25, -0.2) is 0 Å². The van der Waals surface area contributed by atoms with Crippen LogP contribution in [-0.2, 0) is 9.53 Å². The number of carbonyl (C=O) groups excluding carboxylic acids is 1. The Morgan fingerprint density at radius 2 is 1.95 bits per heavy atom. The maximum absolute atomic E-state index is 11.7. The van der Waals surface area contributed by atoms with Crippen molar-refractivity contribution in [1.82, 2.24) is 10.2 Å². The molecule has 1 rings (SSSR count). The van der Waals surface area contributed by atoms with E-state index in [1.165, 1.54) is 0 Å². The van der Waals surface area contributed by atoms with Crippen molar-refractivity contribution in [2.24, 2.45) is 5.41 Å². The summed E-state index contributed by atoms with van der Waals surface area (Å²) < 4.78 is 4.88. The predicted molar refractivity (Wildman–Crippen MR) is 79.6 cm³/mol. The number of nitrogens with zero attached hydrogens (tertiary/aromatic N) is 1. The third-order valence-electron chi connectivity index (χ3n) is 4.72. The number of aliphatic hydroxyl groups is 1. The van der Waals surface area contributed by atoms with Gasteiger partial charge in [0.15, 0.2) is 0 Å². The summed E-state index contributed by atoms with van der Waals surface area (Å²) in [6.45, 7) is 7.12. The second-order valence-corrected chi connectivity index (χ2v) is 5.83. The minimum Gasteiger partial charge on any atom is -0.396 e. The van der Waals surface area contributed by atoms with Gasteiger partial charge in [0, 0.05) is 44.8 Å². The first-order valence-corrected chi connectivity index (χ1v) is 7.71. The molecule has 1 aliphatic heterocycles. The number of methoxy groups -OCH3 is 1. The standard InChI is InChI=1S/C15H30N2O3/c1-4-15(5-2,12-18)11-16-13-6-8-17(9-7-13)14(19)10-20-3/h13,16,18H,4-12H2,1-3H3. The molecule has 5 heteroatoms. The topological polar surface area (TPSA) is 61.8 Å². The first-order valence-electron chi connectivity index (χ1n) is 7.71. The number of rotatable bonds is 8. The summed E-state index contributed by atoms with van der Waals surface area (Å²) in [4.78, 5) is 13.6. The number of amides is 1. The summed E-state index contributed by atoms with van der Waals surface area (Å²) in [5, 5.41) is 13.2. The molecule has 0 bridgehead atoms. The Bertz CT molecular complexity index is 277. The van der Waals surface area contributed by atoms with Crippen LogP contribution in [0.3, 0.4) is 0 Å². The van der Waals surface area contributed by atoms with Crippen LogP contribution in [0.5, 0.6) is 0 Å². The normalized spacial score (nSPS) is 17.5. The molecule has 0 aromatic carbocycles. The van der Waals surface area contributed by atoms with Crippen molar-refractivity contribution in [3.8, 4) is 0 Å². The molecule has 1 saturated heterocycles. The van der Waals surface area contributed by atoms with Gasteiger partial charge >= 0.3 is 0 Å². The molecule has 0 unspecified atom stereocenters. The Morgan fingerprint density at radius 1 is 1.35 bits per heavy atom. The lowest BCUT2D eigenvalue weighted by molar-refractivity contribution is -0.136. The molecule has 0 atom stereocenters. The molecular formula is C15H30N2O3. The van der Waals surface area contributed by atoms with E-state index in [-0.39, 0.29) is 24.5 Å². The van der Waals surface area contributed by atoms with Crippen LogP contribution in [0.2, 0.25) is 0 Å². The van der Waals surface area contributed by atoms with E-state index in [1.54, 1.807) is 7.11 Å². The van der Waals surface area contributed by atoms with E-state index in [0.717, 1.165) is 45.3 Å². The molecule has 0 aliphatic carbocycles. The Morgan fingerprint density at radius 3 is 2.40 bits per heavy atom. The molecule has 1 heterocycles. The van der Waals surface area contributed by atoms with Gasteiger partial charge in [0.1, 0.15) is 6.61 Å². The first-order chi connectivity index (χ1) is 9.60. The zero-order chi connectivity index (χ0) is 15.0. The highest BCUT2D eigenvalue weighted by Gasteiger charge is 2.28. The molecule has 0 radical (unpaired) electrons. The average Bonchev–Trinajstić information content (AvgIpc) is 2.50. The number of piperidine rings is 1. The molecule has 1 amide bonds. The lowest BCUT2D eigenvalue weighted by Crippen LogP contribution is -2.48. The smallest absolute Gasteiger partial charge is 0.248 e. The second kappa shape index (κ2) is 8.60. The van der Waals surface area contributed by atoms with Crippen LogP contribution in [0.15, 0.2) is 0 Å². The zero-order valence-corrected chi connectivity index (χ0v) is 13.2. The second-order valence-electron chi connectivity index (χ2n) is 5.83. The summed E-state index contributed by atoms with van der Waals surface area (Å²) in [7, 11) is 1.55. The number of hydrogen-bond acceptors (Lipinski definition) is 4. The van der Waals surface area contributed by atoms with Gasteiger partial charge in [-0.15, -0.1) is 0 Å². The molecule has 1 aliphatic rings. The van der Waals surface area contributed by atoms with Crippen molar-refractivity contribution in [3.05, 3.63) is 0 Å². The van der Waals surface area contributed by atoms with E-state index in [2.05, 4.69) is 19.2 Å². The zero-order valence-electron chi connectivity index (χ0n) is 13.2. The van der Waals surface area contributed by atoms with Crippen LogP contribution in [-0.4, -0.2) is 61.9 Å². The van der Waals surface area contributed by atoms with Crippen LogP contribution >= 0.6 is 0 Å². The van der Waals surface area contributed by atoms with Gasteiger partial charge in [0.25, 0.3) is 0 Å². The highest BCUT2D eigenvalue weighted by atomic mass is 16.5. The molecule has 5 nitrogen and oxygen atoms in total. The van der Waals surface area contributed by atoms with E-state index < -0.39 is 0 Å². The molecule has 1 fully saturated rings. The number of carbonyl (C=O) groups is 1. The van der Waals surface area contributed by atoms with Gasteiger partial charge in [0.2, 0.25) is 5.91 Å². The van der Waals surface area contributed by atoms with Crippen LogP contribution in [0.4, 0.5) is 0 Å². The van der Waals surface area contributed by atoms with Gasteiger partial charge in [-0.05, 0) is 25.7 Å². The molecule has 0 spiro atoms. The SMILES string of the molecule is CCC(CC)(CO)CNC1CCN(C(=O)COC)CC1. The van der Waals surface area contributed by atoms with Crippen molar-refractivity contribution in [3.63, 3.8) is 0 Å². The minimum atomic E-state index is 0.00298. The minimum absolute atomic E-state index is 0.00298. The Labute approximate surface area is 122 Å². The Balaban J connectivity index is 2.34. The van der Waals surface area contributed by atoms with Gasteiger partial charge in [-0.1, -0.05) is 13.8 Å². The largest absolute Gasteiger partial charge is 0.396 e. The highest BCUT2D eigenvalue weighted by molar-refractivity contribution is 5.77. The summed E-state index contributed by atoms with van der Waals surface area (Å²) in [6.07, 6.45) is 3.92. The molecule has 0 aromatic heterocycles. The van der Waals surface area contributed by atoms with Crippen LogP contribution in [0.1, 0.15) is 39.5 Å². The fourth-order valence-electron chi connectivity index (χ4n) is 2.69. The van der Waals surface area contributed by atoms with E-state index in [1.807, 2.05) is 4.90 Å². The molecule has 20 heavy (non-hydrogen) atoms. The lowest BCUT2D eigenvalue weighted by atomic mass is 9.83. The number of aliphatic hydroxyl groups excluding tert-OH is 1. The van der Waals surface area contributed by atoms with E-state index >= 15 is 0 Å². The van der Waals surface area contributed by atoms with Crippen molar-refractivity contribution in [1.29, 1.82) is 0 Å². The Kier molecular flexibility index (Phi) is 7.48. The van der Waals surface area contributed by atoms with Gasteiger partial charge in [-0.2, -0.15) is 0 Å². The van der Waals surface area contributed by atoms with Crippen molar-refractivity contribution in [2.75, 3.05) is 40.0 Å². The van der Waals surface area contributed by atoms with Crippen LogP contribution < -0.4 is 5.32 Å². The highest BCUT2D eigenvalue weighted by Crippen LogP contribution is 2.25. The molecule has 0 saturated carbocycles. The number of nitrogens with one attached hydrogen (secondary N) is 1. The van der Waals surface area contributed by atoms with Crippen molar-refractivity contribution in [2.45, 2.75) is 45.6 Å². The maximum Gasteiger partial charge on any atom is 0.248 e. The third kappa shape index (κ3) is 4.72. The maximum atomic E-state index is 11.7. The number of likely N-dealkylation sites (tertiary alicyclic amines) is 1. The van der Waals surface area contributed by atoms with Gasteiger partial charge in [-0.3, -0.25) is 4.79 Å². The van der Waals surface area contributed by atoms with Crippen LogP contribution in [0, 0.1) is 5.41 Å². The lowest BCUT2D eigenvalue weighted by Gasteiger charge is -2.36.